The van der Waals surface area contributed by atoms with Crippen LogP contribution in [0.3, 0.4) is 0 Å². The molecule has 0 saturated heterocycles. The number of halogens is 1. The summed E-state index contributed by atoms with van der Waals surface area (Å²) in [6, 6.07) is 7.25. The smallest absolute Gasteiger partial charge is 0.243 e. The Morgan fingerprint density at radius 2 is 1.93 bits per heavy atom. The summed E-state index contributed by atoms with van der Waals surface area (Å²) in [6.07, 6.45) is 1.35. The van der Waals surface area contributed by atoms with E-state index < -0.39 is 0 Å². The number of hydrogen-bond acceptors (Lipinski definition) is 4. The second-order valence-electron chi connectivity index (χ2n) is 2.82. The van der Waals surface area contributed by atoms with Gasteiger partial charge in [-0.2, -0.15) is 4.98 Å². The number of nitrogens with zero attached hydrogens (tertiary/aromatic N) is 3. The zero-order valence-electron chi connectivity index (χ0n) is 8.01. The molecule has 0 saturated carbocycles. The summed E-state index contributed by atoms with van der Waals surface area (Å²) in [4.78, 5) is 3.97. The fraction of sp³-hybridized carbons (Fsp3) is 0.100. The predicted molar refractivity (Wildman–Crippen MR) is 56.8 cm³/mol. The highest BCUT2D eigenvalue weighted by Crippen LogP contribution is 2.25. The quantitative estimate of drug-likeness (QED) is 0.780. The molecule has 0 aliphatic carbocycles. The molecular formula is C10H8ClN3O. The van der Waals surface area contributed by atoms with E-state index in [4.69, 9.17) is 16.3 Å². The fourth-order valence-electron chi connectivity index (χ4n) is 1.20. The Morgan fingerprint density at radius 1 is 1.20 bits per heavy atom. The third kappa shape index (κ3) is 2.05. The summed E-state index contributed by atoms with van der Waals surface area (Å²) in [5.41, 5.74) is 1.48. The lowest BCUT2D eigenvalue weighted by Crippen LogP contribution is -1.96. The van der Waals surface area contributed by atoms with Crippen LogP contribution in [0.2, 0.25) is 5.02 Å². The van der Waals surface area contributed by atoms with Crippen LogP contribution in [0.4, 0.5) is 0 Å². The summed E-state index contributed by atoms with van der Waals surface area (Å²) in [5.74, 6) is 0.451. The van der Waals surface area contributed by atoms with Gasteiger partial charge in [-0.1, -0.05) is 23.7 Å². The Bertz CT molecular complexity index is 458. The Morgan fingerprint density at radius 3 is 2.60 bits per heavy atom. The molecule has 0 spiro atoms. The molecule has 0 radical (unpaired) electrons. The summed E-state index contributed by atoms with van der Waals surface area (Å²) < 4.78 is 5.08. The number of aromatic nitrogens is 3. The summed E-state index contributed by atoms with van der Waals surface area (Å²) >= 11 is 5.79. The molecule has 0 amide bonds. The van der Waals surface area contributed by atoms with Crippen molar-refractivity contribution >= 4 is 11.6 Å². The topological polar surface area (TPSA) is 47.9 Å². The summed E-state index contributed by atoms with van der Waals surface area (Å²) in [5, 5.41) is 8.36. The summed E-state index contributed by atoms with van der Waals surface area (Å²) in [7, 11) is 1.55. The lowest BCUT2D eigenvalue weighted by Gasteiger charge is -2.04. The average molecular weight is 222 g/mol. The number of ether oxygens (including phenoxy) is 1. The first-order valence-electron chi connectivity index (χ1n) is 4.29. The van der Waals surface area contributed by atoms with Crippen LogP contribution in [-0.2, 0) is 0 Å². The van der Waals surface area contributed by atoms with Gasteiger partial charge in [0.2, 0.25) is 5.88 Å². The van der Waals surface area contributed by atoms with Crippen molar-refractivity contribution < 1.29 is 4.74 Å². The SMILES string of the molecule is COc1ncnnc1-c1ccc(Cl)cc1. The molecular weight excluding hydrogens is 214 g/mol. The molecule has 0 atom stereocenters. The van der Waals surface area contributed by atoms with Gasteiger partial charge in [0.05, 0.1) is 7.11 Å². The molecule has 5 heteroatoms. The highest BCUT2D eigenvalue weighted by molar-refractivity contribution is 6.30. The van der Waals surface area contributed by atoms with Crippen molar-refractivity contribution in [1.29, 1.82) is 0 Å². The van der Waals surface area contributed by atoms with Gasteiger partial charge in [0.1, 0.15) is 6.33 Å². The van der Waals surface area contributed by atoms with Crippen molar-refractivity contribution in [1.82, 2.24) is 15.2 Å². The first-order valence-corrected chi connectivity index (χ1v) is 4.66. The molecule has 0 aliphatic heterocycles. The van der Waals surface area contributed by atoms with E-state index in [-0.39, 0.29) is 0 Å². The van der Waals surface area contributed by atoms with Crippen molar-refractivity contribution in [2.24, 2.45) is 0 Å². The average Bonchev–Trinajstić information content (AvgIpc) is 2.30. The van der Waals surface area contributed by atoms with E-state index in [1.807, 2.05) is 12.1 Å². The maximum absolute atomic E-state index is 5.79. The van der Waals surface area contributed by atoms with Crippen molar-refractivity contribution in [2.75, 3.05) is 7.11 Å². The van der Waals surface area contributed by atoms with Crippen LogP contribution in [0.25, 0.3) is 11.3 Å². The molecule has 1 aromatic carbocycles. The van der Waals surface area contributed by atoms with Crippen molar-refractivity contribution in [3.05, 3.63) is 35.6 Å². The van der Waals surface area contributed by atoms with E-state index in [0.717, 1.165) is 5.56 Å². The monoisotopic (exact) mass is 221 g/mol. The first kappa shape index (κ1) is 9.86. The molecule has 0 fully saturated rings. The molecule has 2 rings (SSSR count). The molecule has 0 N–H and O–H groups in total. The van der Waals surface area contributed by atoms with Gasteiger partial charge in [-0.15, -0.1) is 10.2 Å². The van der Waals surface area contributed by atoms with Gasteiger partial charge in [-0.25, -0.2) is 0 Å². The third-order valence-electron chi connectivity index (χ3n) is 1.90. The molecule has 76 valence electrons. The van der Waals surface area contributed by atoms with E-state index >= 15 is 0 Å². The van der Waals surface area contributed by atoms with Crippen molar-refractivity contribution in [3.63, 3.8) is 0 Å². The van der Waals surface area contributed by atoms with Crippen LogP contribution < -0.4 is 4.74 Å². The summed E-state index contributed by atoms with van der Waals surface area (Å²) in [6.45, 7) is 0. The van der Waals surface area contributed by atoms with Gasteiger partial charge in [0, 0.05) is 10.6 Å². The normalized spacial score (nSPS) is 10.0. The minimum Gasteiger partial charge on any atom is -0.479 e. The maximum Gasteiger partial charge on any atom is 0.243 e. The van der Waals surface area contributed by atoms with E-state index in [0.29, 0.717) is 16.6 Å². The van der Waals surface area contributed by atoms with E-state index in [2.05, 4.69) is 15.2 Å². The number of hydrogen-bond donors (Lipinski definition) is 0. The largest absolute Gasteiger partial charge is 0.479 e. The number of methoxy groups -OCH3 is 1. The van der Waals surface area contributed by atoms with E-state index in [1.54, 1.807) is 19.2 Å². The van der Waals surface area contributed by atoms with E-state index in [1.165, 1.54) is 6.33 Å². The van der Waals surface area contributed by atoms with Gasteiger partial charge < -0.3 is 4.74 Å². The Kier molecular flexibility index (Phi) is 2.78. The number of benzene rings is 1. The van der Waals surface area contributed by atoms with Crippen LogP contribution in [0.15, 0.2) is 30.6 Å². The second-order valence-corrected chi connectivity index (χ2v) is 3.26. The number of rotatable bonds is 2. The predicted octanol–water partition coefficient (Wildman–Crippen LogP) is 2.20. The van der Waals surface area contributed by atoms with Gasteiger partial charge >= 0.3 is 0 Å². The molecule has 0 bridgehead atoms. The minimum absolute atomic E-state index is 0.451. The lowest BCUT2D eigenvalue weighted by atomic mass is 10.1. The van der Waals surface area contributed by atoms with Crippen LogP contribution in [-0.4, -0.2) is 22.3 Å². The lowest BCUT2D eigenvalue weighted by molar-refractivity contribution is 0.395. The Hall–Kier alpha value is -1.68. The zero-order chi connectivity index (χ0) is 10.7. The van der Waals surface area contributed by atoms with Crippen LogP contribution in [0.1, 0.15) is 0 Å². The molecule has 0 unspecified atom stereocenters. The highest BCUT2D eigenvalue weighted by Gasteiger charge is 2.08. The van der Waals surface area contributed by atoms with Gasteiger partial charge in [0.25, 0.3) is 0 Å². The molecule has 1 heterocycles. The Labute approximate surface area is 91.9 Å². The van der Waals surface area contributed by atoms with Crippen LogP contribution in [0, 0.1) is 0 Å². The molecule has 1 aromatic heterocycles. The molecule has 15 heavy (non-hydrogen) atoms. The fourth-order valence-corrected chi connectivity index (χ4v) is 1.33. The molecule has 0 aliphatic rings. The van der Waals surface area contributed by atoms with Gasteiger partial charge in [-0.3, -0.25) is 0 Å². The van der Waals surface area contributed by atoms with Crippen molar-refractivity contribution in [3.8, 4) is 17.1 Å². The standard InChI is InChI=1S/C10H8ClN3O/c1-15-10-9(14-13-6-12-10)7-2-4-8(11)5-3-7/h2-6H,1H3. The van der Waals surface area contributed by atoms with Crippen LogP contribution >= 0.6 is 11.6 Å². The second kappa shape index (κ2) is 4.23. The van der Waals surface area contributed by atoms with Gasteiger partial charge in [0.15, 0.2) is 5.69 Å². The molecule has 4 nitrogen and oxygen atoms in total. The van der Waals surface area contributed by atoms with Crippen LogP contribution in [0.5, 0.6) is 5.88 Å². The molecule has 2 aromatic rings. The first-order chi connectivity index (χ1) is 7.31. The van der Waals surface area contributed by atoms with Gasteiger partial charge in [-0.05, 0) is 12.1 Å². The minimum atomic E-state index is 0.451. The highest BCUT2D eigenvalue weighted by atomic mass is 35.5. The van der Waals surface area contributed by atoms with Crippen molar-refractivity contribution in [2.45, 2.75) is 0 Å². The zero-order valence-corrected chi connectivity index (χ0v) is 8.77. The van der Waals surface area contributed by atoms with E-state index in [9.17, 15) is 0 Å². The Balaban J connectivity index is 2.49. The third-order valence-corrected chi connectivity index (χ3v) is 2.15. The maximum atomic E-state index is 5.79.